The number of hydrazone groups is 1. The fourth-order valence-corrected chi connectivity index (χ4v) is 4.91. The lowest BCUT2D eigenvalue weighted by Gasteiger charge is -2.29. The number of para-hydroxylation sites is 1. The normalized spacial score (nSPS) is 24.4. The van der Waals surface area contributed by atoms with Gasteiger partial charge in [-0.2, -0.15) is 5.10 Å². The van der Waals surface area contributed by atoms with Crippen molar-refractivity contribution in [3.05, 3.63) is 46.2 Å². The molecule has 3 heterocycles. The van der Waals surface area contributed by atoms with Gasteiger partial charge in [0.1, 0.15) is 0 Å². The number of aromatic hydroxyl groups is 1. The number of hydrogen-bond donors (Lipinski definition) is 2. The Labute approximate surface area is 175 Å². The van der Waals surface area contributed by atoms with Gasteiger partial charge in [-0.15, -0.1) is 11.3 Å². The number of thiophene rings is 1. The van der Waals surface area contributed by atoms with Crippen LogP contribution in [-0.4, -0.2) is 48.5 Å². The summed E-state index contributed by atoms with van der Waals surface area (Å²) >= 11 is 1.62. The molecule has 0 spiro atoms. The number of likely N-dealkylation sites (tertiary alicyclic amines) is 1. The molecule has 1 amide bonds. The number of methoxy groups -OCH3 is 1. The van der Waals surface area contributed by atoms with Gasteiger partial charge in [0.2, 0.25) is 0 Å². The highest BCUT2D eigenvalue weighted by molar-refractivity contribution is 7.12. The van der Waals surface area contributed by atoms with Gasteiger partial charge in [0.15, 0.2) is 18.0 Å². The second kappa shape index (κ2) is 8.55. The third-order valence-corrected chi connectivity index (χ3v) is 6.88. The van der Waals surface area contributed by atoms with Crippen LogP contribution in [0.3, 0.4) is 0 Å². The van der Waals surface area contributed by atoms with Crippen LogP contribution in [0.1, 0.15) is 42.7 Å². The first-order valence-corrected chi connectivity index (χ1v) is 11.1. The molecule has 1 aromatic heterocycles. The van der Waals surface area contributed by atoms with Gasteiger partial charge in [0.05, 0.1) is 36.8 Å². The van der Waals surface area contributed by atoms with Gasteiger partial charge in [-0.05, 0) is 36.3 Å². The van der Waals surface area contributed by atoms with Crippen LogP contribution >= 0.6 is 11.3 Å². The maximum absolute atomic E-state index is 13.2. The highest BCUT2D eigenvalue weighted by Gasteiger charge is 2.37. The topological polar surface area (TPSA) is 66.6 Å². The summed E-state index contributed by atoms with van der Waals surface area (Å²) in [6.07, 6.45) is 2.90. The Kier molecular flexibility index (Phi) is 5.87. The second-order valence-electron chi connectivity index (χ2n) is 7.99. The molecule has 0 radical (unpaired) electrons. The molecule has 154 valence electrons. The Morgan fingerprint density at radius 2 is 2.10 bits per heavy atom. The van der Waals surface area contributed by atoms with E-state index in [0.717, 1.165) is 42.4 Å². The highest BCUT2D eigenvalue weighted by atomic mass is 32.1. The van der Waals surface area contributed by atoms with Crippen LogP contribution in [0.5, 0.6) is 11.5 Å². The molecule has 2 aromatic rings. The van der Waals surface area contributed by atoms with Gasteiger partial charge >= 0.3 is 0 Å². The summed E-state index contributed by atoms with van der Waals surface area (Å²) in [7, 11) is 1.53. The van der Waals surface area contributed by atoms with Gasteiger partial charge in [0.25, 0.3) is 5.91 Å². The minimum atomic E-state index is -0.321. The van der Waals surface area contributed by atoms with E-state index >= 15 is 0 Å². The zero-order valence-corrected chi connectivity index (χ0v) is 17.7. The van der Waals surface area contributed by atoms with Crippen molar-refractivity contribution in [1.82, 2.24) is 5.01 Å². The molecular formula is C22H28N3O3S+. The van der Waals surface area contributed by atoms with Crippen molar-refractivity contribution in [2.45, 2.75) is 32.2 Å². The number of rotatable bonds is 5. The molecule has 1 saturated heterocycles. The number of benzene rings is 1. The molecule has 1 atom stereocenters. The molecule has 29 heavy (non-hydrogen) atoms. The Morgan fingerprint density at radius 1 is 1.31 bits per heavy atom. The summed E-state index contributed by atoms with van der Waals surface area (Å²) in [4.78, 5) is 15.6. The van der Waals surface area contributed by atoms with Crippen molar-refractivity contribution in [2.75, 3.05) is 26.7 Å². The van der Waals surface area contributed by atoms with E-state index in [0.29, 0.717) is 24.3 Å². The molecule has 1 fully saturated rings. The molecule has 6 nitrogen and oxygen atoms in total. The number of carbonyl (C=O) groups excluding carboxylic acids is 1. The third kappa shape index (κ3) is 4.16. The van der Waals surface area contributed by atoms with Crippen LogP contribution < -0.4 is 9.64 Å². The van der Waals surface area contributed by atoms with Crippen LogP contribution in [0.2, 0.25) is 0 Å². The fraction of sp³-hybridized carbons (Fsp3) is 0.455. The van der Waals surface area contributed by atoms with Crippen molar-refractivity contribution in [2.24, 2.45) is 11.0 Å². The number of ether oxygens (including phenoxy) is 1. The molecular weight excluding hydrogens is 386 g/mol. The second-order valence-corrected chi connectivity index (χ2v) is 8.94. The Hall–Kier alpha value is -2.38. The quantitative estimate of drug-likeness (QED) is 0.790. The van der Waals surface area contributed by atoms with E-state index in [1.165, 1.54) is 12.0 Å². The summed E-state index contributed by atoms with van der Waals surface area (Å²) in [5, 5.41) is 19.0. The summed E-state index contributed by atoms with van der Waals surface area (Å²) in [6.45, 7) is 4.77. The van der Waals surface area contributed by atoms with Gasteiger partial charge in [-0.25, -0.2) is 5.01 Å². The molecule has 4 rings (SSSR count). The Morgan fingerprint density at radius 3 is 2.79 bits per heavy atom. The van der Waals surface area contributed by atoms with E-state index in [1.54, 1.807) is 22.4 Å². The number of phenolic OH excluding ortho intramolecular Hbond substituents is 1. The van der Waals surface area contributed by atoms with E-state index in [9.17, 15) is 9.90 Å². The standard InChI is InChI=1S/C22H27N3O3S/c1-15-8-10-24(11-9-15)14-21(26)25-18(13-17(23-25)20-7-4-12-29-20)16-5-3-6-19(28-2)22(16)27/h3-7,12,15,18,27H,8-11,13-14H2,1-2H3/p+1/t18-/m0/s1. The van der Waals surface area contributed by atoms with Crippen molar-refractivity contribution < 1.29 is 19.5 Å². The first-order chi connectivity index (χ1) is 14.1. The molecule has 0 bridgehead atoms. The van der Waals surface area contributed by atoms with Gasteiger partial charge in [-0.3, -0.25) is 4.79 Å². The fourth-order valence-electron chi connectivity index (χ4n) is 4.19. The minimum absolute atomic E-state index is 0.00771. The lowest BCUT2D eigenvalue weighted by molar-refractivity contribution is -0.898. The molecule has 0 aliphatic carbocycles. The predicted octanol–water partition coefficient (Wildman–Crippen LogP) is 2.45. The predicted molar refractivity (Wildman–Crippen MR) is 114 cm³/mol. The summed E-state index contributed by atoms with van der Waals surface area (Å²) < 4.78 is 5.28. The lowest BCUT2D eigenvalue weighted by Crippen LogP contribution is -3.14. The SMILES string of the molecule is COc1cccc([C@@H]2CC(c3cccs3)=NN2C(=O)C[NH+]2CCC(C)CC2)c1O. The van der Waals surface area contributed by atoms with Crippen LogP contribution in [0.4, 0.5) is 0 Å². The van der Waals surface area contributed by atoms with Gasteiger partial charge in [0, 0.05) is 12.0 Å². The molecule has 7 heteroatoms. The minimum Gasteiger partial charge on any atom is -0.504 e. The van der Waals surface area contributed by atoms with Gasteiger partial charge < -0.3 is 14.7 Å². The lowest BCUT2D eigenvalue weighted by atomic mass is 9.98. The van der Waals surface area contributed by atoms with Crippen molar-refractivity contribution >= 4 is 23.0 Å². The first-order valence-electron chi connectivity index (χ1n) is 10.2. The number of hydrogen-bond acceptors (Lipinski definition) is 5. The Balaban J connectivity index is 1.60. The zero-order chi connectivity index (χ0) is 20.4. The van der Waals surface area contributed by atoms with Crippen LogP contribution in [-0.2, 0) is 4.79 Å². The number of nitrogens with zero attached hydrogens (tertiary/aromatic N) is 2. The molecule has 0 saturated carbocycles. The van der Waals surface area contributed by atoms with Crippen LogP contribution in [0.25, 0.3) is 0 Å². The smallest absolute Gasteiger partial charge is 0.298 e. The van der Waals surface area contributed by atoms with Crippen molar-refractivity contribution in [3.63, 3.8) is 0 Å². The number of quaternary nitrogens is 1. The number of carbonyl (C=O) groups is 1. The number of piperidine rings is 1. The van der Waals surface area contributed by atoms with E-state index in [-0.39, 0.29) is 17.7 Å². The average molecular weight is 415 g/mol. The molecule has 2 aliphatic rings. The monoisotopic (exact) mass is 414 g/mol. The van der Waals surface area contributed by atoms with Crippen LogP contribution in [0.15, 0.2) is 40.8 Å². The van der Waals surface area contributed by atoms with Crippen molar-refractivity contribution in [3.8, 4) is 11.5 Å². The number of amides is 1. The summed E-state index contributed by atoms with van der Waals surface area (Å²) in [5.74, 6) is 1.24. The molecule has 2 N–H and O–H groups in total. The van der Waals surface area contributed by atoms with Crippen molar-refractivity contribution in [1.29, 1.82) is 0 Å². The summed E-state index contributed by atoms with van der Waals surface area (Å²) in [5.41, 5.74) is 1.57. The molecule has 1 aromatic carbocycles. The highest BCUT2D eigenvalue weighted by Crippen LogP contribution is 2.41. The Bertz CT molecular complexity index is 889. The van der Waals surface area contributed by atoms with E-state index < -0.39 is 0 Å². The average Bonchev–Trinajstić information content (AvgIpc) is 3.39. The van der Waals surface area contributed by atoms with Gasteiger partial charge in [-0.1, -0.05) is 25.1 Å². The van der Waals surface area contributed by atoms with E-state index in [2.05, 4.69) is 6.92 Å². The first kappa shape index (κ1) is 19.9. The third-order valence-electron chi connectivity index (χ3n) is 5.96. The molecule has 0 unspecified atom stereocenters. The van der Waals surface area contributed by atoms with E-state index in [4.69, 9.17) is 9.84 Å². The number of nitrogens with one attached hydrogen (secondary N) is 1. The number of phenols is 1. The van der Waals surface area contributed by atoms with Crippen LogP contribution in [0, 0.1) is 5.92 Å². The van der Waals surface area contributed by atoms with E-state index in [1.807, 2.05) is 29.6 Å². The molecule has 2 aliphatic heterocycles. The summed E-state index contributed by atoms with van der Waals surface area (Å²) in [6, 6.07) is 9.11. The zero-order valence-electron chi connectivity index (χ0n) is 16.9. The maximum atomic E-state index is 13.2. The largest absolute Gasteiger partial charge is 0.504 e. The maximum Gasteiger partial charge on any atom is 0.298 e.